The lowest BCUT2D eigenvalue weighted by molar-refractivity contribution is -0.222. The van der Waals surface area contributed by atoms with E-state index < -0.39 is 17.7 Å². The zero-order valence-corrected chi connectivity index (χ0v) is 13.0. The molecule has 0 bridgehead atoms. The second-order valence-electron chi connectivity index (χ2n) is 5.39. The number of hydrogen-bond acceptors (Lipinski definition) is 8. The third kappa shape index (κ3) is 3.37. The van der Waals surface area contributed by atoms with Gasteiger partial charge in [-0.05, 0) is 18.2 Å². The number of nitrogens with zero attached hydrogens (tertiary/aromatic N) is 3. The number of pyridine rings is 1. The Morgan fingerprint density at radius 1 is 1.12 bits per heavy atom. The van der Waals surface area contributed by atoms with Crippen molar-refractivity contribution in [3.63, 3.8) is 0 Å². The van der Waals surface area contributed by atoms with E-state index in [0.717, 1.165) is 5.56 Å². The van der Waals surface area contributed by atoms with E-state index in [2.05, 4.69) is 20.3 Å². The second kappa shape index (κ2) is 6.07. The van der Waals surface area contributed by atoms with Gasteiger partial charge in [0.05, 0.1) is 0 Å². The SMILES string of the molecule is CC1(C)OC(=O)C(=CNc2ccnc(-c3cccnc3)n2)C(=O)O1. The van der Waals surface area contributed by atoms with Gasteiger partial charge in [0.1, 0.15) is 5.82 Å². The highest BCUT2D eigenvalue weighted by Gasteiger charge is 2.38. The smallest absolute Gasteiger partial charge is 0.350 e. The summed E-state index contributed by atoms with van der Waals surface area (Å²) in [5.41, 5.74) is 0.503. The molecule has 2 aromatic heterocycles. The highest BCUT2D eigenvalue weighted by atomic mass is 16.7. The fourth-order valence-corrected chi connectivity index (χ4v) is 2.00. The fraction of sp³-hybridized carbons (Fsp3) is 0.188. The lowest BCUT2D eigenvalue weighted by Crippen LogP contribution is -2.42. The van der Waals surface area contributed by atoms with Crippen molar-refractivity contribution >= 4 is 17.8 Å². The van der Waals surface area contributed by atoms with E-state index in [-0.39, 0.29) is 5.57 Å². The van der Waals surface area contributed by atoms with Crippen molar-refractivity contribution in [1.82, 2.24) is 15.0 Å². The van der Waals surface area contributed by atoms with Gasteiger partial charge >= 0.3 is 11.9 Å². The van der Waals surface area contributed by atoms with Crippen molar-refractivity contribution in [2.45, 2.75) is 19.6 Å². The Balaban J connectivity index is 1.80. The molecule has 8 nitrogen and oxygen atoms in total. The summed E-state index contributed by atoms with van der Waals surface area (Å²) >= 11 is 0. The van der Waals surface area contributed by atoms with Crippen LogP contribution in [0.2, 0.25) is 0 Å². The molecule has 3 heterocycles. The van der Waals surface area contributed by atoms with Crippen LogP contribution < -0.4 is 5.32 Å². The summed E-state index contributed by atoms with van der Waals surface area (Å²) in [6.45, 7) is 2.97. The highest BCUT2D eigenvalue weighted by Crippen LogP contribution is 2.22. The molecule has 0 saturated carbocycles. The van der Waals surface area contributed by atoms with Gasteiger partial charge in [-0.25, -0.2) is 19.6 Å². The van der Waals surface area contributed by atoms with E-state index in [4.69, 9.17) is 9.47 Å². The van der Waals surface area contributed by atoms with Crippen LogP contribution in [0.3, 0.4) is 0 Å². The van der Waals surface area contributed by atoms with Crippen LogP contribution in [0.1, 0.15) is 13.8 Å². The number of ether oxygens (including phenoxy) is 2. The fourth-order valence-electron chi connectivity index (χ4n) is 2.00. The molecule has 0 aliphatic carbocycles. The van der Waals surface area contributed by atoms with Crippen LogP contribution in [0, 0.1) is 0 Å². The molecular weight excluding hydrogens is 312 g/mol. The highest BCUT2D eigenvalue weighted by molar-refractivity contribution is 6.15. The number of aromatic nitrogens is 3. The Labute approximate surface area is 137 Å². The van der Waals surface area contributed by atoms with Gasteiger partial charge in [-0.15, -0.1) is 0 Å². The molecule has 1 fully saturated rings. The summed E-state index contributed by atoms with van der Waals surface area (Å²) in [6, 6.07) is 5.19. The average molecular weight is 326 g/mol. The number of anilines is 1. The molecule has 8 heteroatoms. The van der Waals surface area contributed by atoms with Crippen molar-refractivity contribution in [3.8, 4) is 11.4 Å². The van der Waals surface area contributed by atoms with Crippen molar-refractivity contribution in [1.29, 1.82) is 0 Å². The maximum absolute atomic E-state index is 11.9. The first-order chi connectivity index (χ1) is 11.4. The number of esters is 2. The molecule has 3 rings (SSSR count). The van der Waals surface area contributed by atoms with Crippen LogP contribution in [0.15, 0.2) is 48.6 Å². The molecular formula is C16H14N4O4. The molecule has 1 N–H and O–H groups in total. The first-order valence-electron chi connectivity index (χ1n) is 7.11. The largest absolute Gasteiger partial charge is 0.419 e. The monoisotopic (exact) mass is 326 g/mol. The van der Waals surface area contributed by atoms with Gasteiger partial charge in [0.2, 0.25) is 0 Å². The molecule has 0 atom stereocenters. The van der Waals surface area contributed by atoms with Crippen LogP contribution in [0.4, 0.5) is 5.82 Å². The number of cyclic esters (lactones) is 2. The Morgan fingerprint density at radius 2 is 1.88 bits per heavy atom. The minimum Gasteiger partial charge on any atom is -0.419 e. The quantitative estimate of drug-likeness (QED) is 0.516. The first kappa shape index (κ1) is 15.6. The van der Waals surface area contributed by atoms with Gasteiger partial charge in [-0.3, -0.25) is 4.98 Å². The van der Waals surface area contributed by atoms with Gasteiger partial charge in [-0.2, -0.15) is 0 Å². The van der Waals surface area contributed by atoms with Gasteiger partial charge in [0.15, 0.2) is 11.4 Å². The summed E-state index contributed by atoms with van der Waals surface area (Å²) in [7, 11) is 0. The molecule has 2 aromatic rings. The summed E-state index contributed by atoms with van der Waals surface area (Å²) < 4.78 is 10.0. The van der Waals surface area contributed by atoms with E-state index in [1.807, 2.05) is 6.07 Å². The third-order valence-electron chi connectivity index (χ3n) is 3.06. The molecule has 0 aromatic carbocycles. The van der Waals surface area contributed by atoms with Crippen molar-refractivity contribution < 1.29 is 19.1 Å². The van der Waals surface area contributed by atoms with Crippen molar-refractivity contribution in [2.24, 2.45) is 0 Å². The number of carbonyl (C=O) groups is 2. The predicted octanol–water partition coefficient (Wildman–Crippen LogP) is 1.67. The maximum Gasteiger partial charge on any atom is 0.350 e. The Hall–Kier alpha value is -3.29. The van der Waals surface area contributed by atoms with Gasteiger partial charge in [-0.1, -0.05) is 0 Å². The van der Waals surface area contributed by atoms with Gasteiger partial charge < -0.3 is 14.8 Å². The standard InChI is InChI=1S/C16H14N4O4/c1-16(2)23-14(21)11(15(22)24-16)9-19-12-5-7-18-13(20-12)10-4-3-6-17-8-10/h3-9H,1-2H3,(H,18,19,20). The van der Waals surface area contributed by atoms with E-state index >= 15 is 0 Å². The van der Waals surface area contributed by atoms with Crippen LogP contribution in [0.25, 0.3) is 11.4 Å². The van der Waals surface area contributed by atoms with Crippen LogP contribution in [-0.4, -0.2) is 32.7 Å². The summed E-state index contributed by atoms with van der Waals surface area (Å²) in [5.74, 6) is -1.92. The van der Waals surface area contributed by atoms with Crippen molar-refractivity contribution in [2.75, 3.05) is 5.32 Å². The number of carbonyl (C=O) groups excluding carboxylic acids is 2. The molecule has 1 aliphatic heterocycles. The molecule has 0 amide bonds. The number of nitrogens with one attached hydrogen (secondary N) is 1. The zero-order chi connectivity index (χ0) is 17.2. The van der Waals surface area contributed by atoms with Crippen LogP contribution >= 0.6 is 0 Å². The van der Waals surface area contributed by atoms with Crippen LogP contribution in [0.5, 0.6) is 0 Å². The Kier molecular flexibility index (Phi) is 3.95. The van der Waals surface area contributed by atoms with E-state index in [9.17, 15) is 9.59 Å². The minimum absolute atomic E-state index is 0.240. The molecule has 122 valence electrons. The van der Waals surface area contributed by atoms with E-state index in [1.165, 1.54) is 20.0 Å². The second-order valence-corrected chi connectivity index (χ2v) is 5.39. The lowest BCUT2D eigenvalue weighted by Gasteiger charge is -2.29. The molecule has 1 saturated heterocycles. The lowest BCUT2D eigenvalue weighted by atomic mass is 10.2. The molecule has 0 spiro atoms. The maximum atomic E-state index is 11.9. The third-order valence-corrected chi connectivity index (χ3v) is 3.06. The van der Waals surface area contributed by atoms with Gasteiger partial charge in [0.25, 0.3) is 5.79 Å². The van der Waals surface area contributed by atoms with E-state index in [1.54, 1.807) is 30.7 Å². The average Bonchev–Trinajstić information content (AvgIpc) is 2.54. The molecule has 24 heavy (non-hydrogen) atoms. The Bertz CT molecular complexity index is 796. The van der Waals surface area contributed by atoms with Gasteiger partial charge in [0, 0.05) is 44.2 Å². The first-order valence-corrected chi connectivity index (χ1v) is 7.11. The normalized spacial score (nSPS) is 16.2. The predicted molar refractivity (Wildman–Crippen MR) is 83.2 cm³/mol. The minimum atomic E-state index is -1.27. The molecule has 0 radical (unpaired) electrons. The summed E-state index contributed by atoms with van der Waals surface area (Å²) in [4.78, 5) is 36.2. The zero-order valence-electron chi connectivity index (χ0n) is 13.0. The van der Waals surface area contributed by atoms with E-state index in [0.29, 0.717) is 11.6 Å². The van der Waals surface area contributed by atoms with Crippen molar-refractivity contribution in [3.05, 3.63) is 48.6 Å². The molecule has 1 aliphatic rings. The summed E-state index contributed by atoms with van der Waals surface area (Å²) in [6.07, 6.45) is 6.04. The number of hydrogen-bond donors (Lipinski definition) is 1. The summed E-state index contributed by atoms with van der Waals surface area (Å²) in [5, 5.41) is 2.78. The number of rotatable bonds is 3. The molecule has 0 unspecified atom stereocenters. The van der Waals surface area contributed by atoms with Crippen LogP contribution in [-0.2, 0) is 19.1 Å². The topological polar surface area (TPSA) is 103 Å². The Morgan fingerprint density at radius 3 is 2.54 bits per heavy atom.